The molecule has 1 heterocycles. The smallest absolute Gasteiger partial charge is 0.373 e. The van der Waals surface area contributed by atoms with Gasteiger partial charge in [-0.05, 0) is 59.5 Å². The van der Waals surface area contributed by atoms with Gasteiger partial charge in [-0.15, -0.1) is 0 Å². The molecular weight excluding hydrogens is 656 g/mol. The number of rotatable bonds is 7. The number of halogens is 10. The Labute approximate surface area is 268 Å². The van der Waals surface area contributed by atoms with Crippen LogP contribution in [0.15, 0.2) is 97.1 Å². The lowest BCUT2D eigenvalue weighted by molar-refractivity contribution is -0.143. The molecule has 0 saturated carbocycles. The third-order valence-electron chi connectivity index (χ3n) is 8.21. The van der Waals surface area contributed by atoms with Crippen molar-refractivity contribution in [1.82, 2.24) is 4.90 Å². The second-order valence-corrected chi connectivity index (χ2v) is 11.5. The summed E-state index contributed by atoms with van der Waals surface area (Å²) in [6.07, 6.45) is -15.9. The van der Waals surface area contributed by atoms with Crippen LogP contribution in [0.3, 0.4) is 0 Å². The molecule has 1 saturated heterocycles. The van der Waals surface area contributed by atoms with Gasteiger partial charge in [0.05, 0.1) is 29.4 Å². The van der Waals surface area contributed by atoms with Crippen LogP contribution in [0, 0.1) is 11.7 Å². The standard InChI is InChI=1S/C35H27F10NO2/c36-28-14-21(13-25(18-28)33(37,38)39)20-48-30-11-12-46(32(47)24-15-26(34(40,41)42)17-27(16-24)35(43,44)45)19-29(30)31(22-7-3-1-4-8-22)23-9-5-2-6-10-23/h1-10,13-18,29-31H,11-12,19-20H2. The zero-order chi connectivity index (χ0) is 34.9. The summed E-state index contributed by atoms with van der Waals surface area (Å²) in [5, 5.41) is 0. The maximum atomic E-state index is 14.1. The average molecular weight is 684 g/mol. The van der Waals surface area contributed by atoms with E-state index in [0.717, 1.165) is 28.2 Å². The molecule has 1 fully saturated rings. The summed E-state index contributed by atoms with van der Waals surface area (Å²) in [7, 11) is 0. The van der Waals surface area contributed by atoms with E-state index in [4.69, 9.17) is 4.74 Å². The number of hydrogen-bond donors (Lipinski definition) is 0. The van der Waals surface area contributed by atoms with Gasteiger partial charge < -0.3 is 9.64 Å². The van der Waals surface area contributed by atoms with Crippen LogP contribution in [0.5, 0.6) is 0 Å². The SMILES string of the molecule is O=C(c1cc(C(F)(F)F)cc(C(F)(F)F)c1)N1CCC(OCc2cc(F)cc(C(F)(F)F)c2)C(C(c2ccccc2)c2ccccc2)C1. The number of carbonyl (C=O) groups is 1. The summed E-state index contributed by atoms with van der Waals surface area (Å²) in [6, 6.07) is 20.5. The second-order valence-electron chi connectivity index (χ2n) is 11.5. The van der Waals surface area contributed by atoms with Crippen molar-refractivity contribution < 1.29 is 53.4 Å². The molecule has 4 aromatic rings. The van der Waals surface area contributed by atoms with Crippen molar-refractivity contribution >= 4 is 5.91 Å². The molecule has 1 aliphatic rings. The van der Waals surface area contributed by atoms with E-state index in [0.29, 0.717) is 18.2 Å². The van der Waals surface area contributed by atoms with Crippen LogP contribution < -0.4 is 0 Å². The number of likely N-dealkylation sites (tertiary alicyclic amines) is 1. The van der Waals surface area contributed by atoms with Gasteiger partial charge in [0.25, 0.3) is 5.91 Å². The molecule has 0 bridgehead atoms. The highest BCUT2D eigenvalue weighted by molar-refractivity contribution is 5.94. The number of ether oxygens (including phenoxy) is 1. The summed E-state index contributed by atoms with van der Waals surface area (Å²) in [6.45, 7) is -0.772. The van der Waals surface area contributed by atoms with Crippen molar-refractivity contribution in [2.45, 2.75) is 43.6 Å². The van der Waals surface area contributed by atoms with Crippen LogP contribution in [0.4, 0.5) is 43.9 Å². The number of hydrogen-bond acceptors (Lipinski definition) is 2. The minimum atomic E-state index is -5.16. The van der Waals surface area contributed by atoms with Crippen LogP contribution in [0.25, 0.3) is 0 Å². The van der Waals surface area contributed by atoms with E-state index < -0.39 is 77.1 Å². The molecule has 0 aliphatic carbocycles. The van der Waals surface area contributed by atoms with Crippen LogP contribution in [0.1, 0.15) is 56.1 Å². The van der Waals surface area contributed by atoms with Crippen LogP contribution in [0.2, 0.25) is 0 Å². The van der Waals surface area contributed by atoms with Crippen molar-refractivity contribution in [3.05, 3.63) is 142 Å². The highest BCUT2D eigenvalue weighted by atomic mass is 19.4. The first-order valence-electron chi connectivity index (χ1n) is 14.7. The molecule has 13 heteroatoms. The summed E-state index contributed by atoms with van der Waals surface area (Å²) >= 11 is 0. The van der Waals surface area contributed by atoms with Gasteiger partial charge in [-0.1, -0.05) is 60.7 Å². The summed E-state index contributed by atoms with van der Waals surface area (Å²) in [5.74, 6) is -3.39. The summed E-state index contributed by atoms with van der Waals surface area (Å²) in [4.78, 5) is 14.8. The zero-order valence-electron chi connectivity index (χ0n) is 24.8. The Morgan fingerprint density at radius 1 is 0.708 bits per heavy atom. The lowest BCUT2D eigenvalue weighted by atomic mass is 9.75. The molecule has 4 aromatic carbocycles. The van der Waals surface area contributed by atoms with E-state index in [-0.39, 0.29) is 31.1 Å². The van der Waals surface area contributed by atoms with E-state index >= 15 is 0 Å². The van der Waals surface area contributed by atoms with Gasteiger partial charge in [-0.3, -0.25) is 4.79 Å². The first-order valence-corrected chi connectivity index (χ1v) is 14.7. The van der Waals surface area contributed by atoms with E-state index in [2.05, 4.69) is 0 Å². The van der Waals surface area contributed by atoms with Crippen LogP contribution in [-0.4, -0.2) is 30.0 Å². The molecule has 1 aliphatic heterocycles. The molecule has 254 valence electrons. The molecule has 2 unspecified atom stereocenters. The minimum Gasteiger partial charge on any atom is -0.373 e. The maximum absolute atomic E-state index is 14.1. The summed E-state index contributed by atoms with van der Waals surface area (Å²) < 4.78 is 142. The highest BCUT2D eigenvalue weighted by Crippen LogP contribution is 2.41. The first kappa shape index (κ1) is 34.9. The van der Waals surface area contributed by atoms with E-state index in [1.54, 1.807) is 60.7 Å². The molecule has 48 heavy (non-hydrogen) atoms. The van der Waals surface area contributed by atoms with Gasteiger partial charge in [0.1, 0.15) is 5.82 Å². The number of benzene rings is 4. The lowest BCUT2D eigenvalue weighted by Crippen LogP contribution is -2.49. The Bertz CT molecular complexity index is 1650. The predicted molar refractivity (Wildman–Crippen MR) is 155 cm³/mol. The summed E-state index contributed by atoms with van der Waals surface area (Å²) in [5.41, 5.74) is -3.86. The normalized spacial score (nSPS) is 17.5. The average Bonchev–Trinajstić information content (AvgIpc) is 3.03. The molecule has 5 rings (SSSR count). The Morgan fingerprint density at radius 3 is 1.71 bits per heavy atom. The van der Waals surface area contributed by atoms with E-state index in [9.17, 15) is 48.7 Å². The Balaban J connectivity index is 1.52. The van der Waals surface area contributed by atoms with Gasteiger partial charge >= 0.3 is 18.5 Å². The Hall–Kier alpha value is -4.39. The molecule has 2 atom stereocenters. The predicted octanol–water partition coefficient (Wildman–Crippen LogP) is 9.76. The van der Waals surface area contributed by atoms with Crippen molar-refractivity contribution in [2.24, 2.45) is 5.92 Å². The van der Waals surface area contributed by atoms with Gasteiger partial charge in [0, 0.05) is 30.5 Å². The fourth-order valence-corrected chi connectivity index (χ4v) is 6.04. The molecule has 0 spiro atoms. The zero-order valence-corrected chi connectivity index (χ0v) is 24.8. The Morgan fingerprint density at radius 2 is 1.21 bits per heavy atom. The molecular formula is C35H27F10NO2. The van der Waals surface area contributed by atoms with Crippen molar-refractivity contribution in [2.75, 3.05) is 13.1 Å². The monoisotopic (exact) mass is 683 g/mol. The van der Waals surface area contributed by atoms with Gasteiger partial charge in [-0.25, -0.2) is 4.39 Å². The van der Waals surface area contributed by atoms with E-state index in [1.165, 1.54) is 0 Å². The lowest BCUT2D eigenvalue weighted by Gasteiger charge is -2.42. The molecule has 0 aromatic heterocycles. The largest absolute Gasteiger partial charge is 0.416 e. The fraction of sp³-hybridized carbons (Fsp3) is 0.286. The first-order chi connectivity index (χ1) is 22.5. The Kier molecular flexibility index (Phi) is 9.91. The molecule has 0 N–H and O–H groups in total. The topological polar surface area (TPSA) is 29.5 Å². The third kappa shape index (κ3) is 8.18. The van der Waals surface area contributed by atoms with E-state index in [1.807, 2.05) is 0 Å². The number of carbonyl (C=O) groups excluding carboxylic acids is 1. The van der Waals surface area contributed by atoms with Crippen molar-refractivity contribution in [3.8, 4) is 0 Å². The molecule has 0 radical (unpaired) electrons. The second kappa shape index (κ2) is 13.6. The third-order valence-corrected chi connectivity index (χ3v) is 8.21. The van der Waals surface area contributed by atoms with Gasteiger partial charge in [0.15, 0.2) is 0 Å². The van der Waals surface area contributed by atoms with Crippen LogP contribution >= 0.6 is 0 Å². The minimum absolute atomic E-state index is 0.0269. The molecule has 3 nitrogen and oxygen atoms in total. The van der Waals surface area contributed by atoms with Crippen molar-refractivity contribution in [3.63, 3.8) is 0 Å². The highest BCUT2D eigenvalue weighted by Gasteiger charge is 2.41. The van der Waals surface area contributed by atoms with Gasteiger partial charge in [-0.2, -0.15) is 39.5 Å². The van der Waals surface area contributed by atoms with Gasteiger partial charge in [0.2, 0.25) is 0 Å². The fourth-order valence-electron chi connectivity index (χ4n) is 6.04. The number of nitrogens with zero attached hydrogens (tertiary/aromatic N) is 1. The van der Waals surface area contributed by atoms with Crippen LogP contribution in [-0.2, 0) is 29.9 Å². The molecule has 1 amide bonds. The number of piperidine rings is 1. The maximum Gasteiger partial charge on any atom is 0.416 e. The number of alkyl halides is 9. The number of amides is 1. The quantitative estimate of drug-likeness (QED) is 0.182. The van der Waals surface area contributed by atoms with Crippen molar-refractivity contribution in [1.29, 1.82) is 0 Å².